The molecule has 1 aromatic rings. The van der Waals surface area contributed by atoms with E-state index in [-0.39, 0.29) is 0 Å². The van der Waals surface area contributed by atoms with Gasteiger partial charge in [-0.3, -0.25) is 0 Å². The maximum Gasteiger partial charge on any atom is 0.126 e. The van der Waals surface area contributed by atoms with Crippen molar-refractivity contribution >= 4 is 37.6 Å². The van der Waals surface area contributed by atoms with Gasteiger partial charge in [0.05, 0.1) is 15.7 Å². The van der Waals surface area contributed by atoms with E-state index < -0.39 is 0 Å². The fraction of sp³-hybridized carbons (Fsp3) is 0.591. The normalized spacial score (nSPS) is 10.6. The third kappa shape index (κ3) is 9.97. The Morgan fingerprint density at radius 3 is 2.39 bits per heavy atom. The summed E-state index contributed by atoms with van der Waals surface area (Å²) in [6.07, 6.45) is 5.89. The Hall–Kier alpha value is -1.01. The van der Waals surface area contributed by atoms with E-state index in [4.69, 9.17) is 14.3 Å². The van der Waals surface area contributed by atoms with Crippen molar-refractivity contribution in [3.63, 3.8) is 0 Å². The van der Waals surface area contributed by atoms with Crippen molar-refractivity contribution in [2.24, 2.45) is 5.16 Å². The second-order valence-electron chi connectivity index (χ2n) is 7.09. The summed E-state index contributed by atoms with van der Waals surface area (Å²) in [6, 6.07) is 4.20. The maximum atomic E-state index is 6.21. The summed E-state index contributed by atoms with van der Waals surface area (Å²) in [6.45, 7) is 12.3. The number of oxime groups is 1. The zero-order valence-electron chi connectivity index (χ0n) is 17.7. The largest absolute Gasteiger partial charge is 0.493 e. The lowest BCUT2D eigenvalue weighted by atomic mass is 9.97. The quantitative estimate of drug-likeness (QED) is 0.156. The van der Waals surface area contributed by atoms with Gasteiger partial charge in [0, 0.05) is 5.56 Å². The molecule has 158 valence electrons. The van der Waals surface area contributed by atoms with E-state index in [1.165, 1.54) is 11.1 Å². The number of unbranched alkanes of at least 4 members (excludes halogenated alkanes) is 2. The van der Waals surface area contributed by atoms with Gasteiger partial charge in [-0.05, 0) is 101 Å². The van der Waals surface area contributed by atoms with Crippen LogP contribution < -0.4 is 9.47 Å². The van der Waals surface area contributed by atoms with E-state index >= 15 is 0 Å². The van der Waals surface area contributed by atoms with Crippen LogP contribution in [0.15, 0.2) is 26.8 Å². The molecular weight excluding hydrogens is 486 g/mol. The minimum Gasteiger partial charge on any atom is -0.493 e. The van der Waals surface area contributed by atoms with Gasteiger partial charge in [-0.15, -0.1) is 0 Å². The minimum absolute atomic E-state index is 0.367. The van der Waals surface area contributed by atoms with Crippen LogP contribution in [0, 0.1) is 0 Å². The van der Waals surface area contributed by atoms with Crippen molar-refractivity contribution in [3.8, 4) is 11.5 Å². The molecule has 6 heteroatoms. The molecule has 28 heavy (non-hydrogen) atoms. The number of rotatable bonds is 13. The fourth-order valence-corrected chi connectivity index (χ4v) is 2.89. The van der Waals surface area contributed by atoms with Crippen LogP contribution in [0.1, 0.15) is 70.9 Å². The number of hydrogen-bond acceptors (Lipinski definition) is 4. The van der Waals surface area contributed by atoms with Gasteiger partial charge in [0.2, 0.25) is 0 Å². The van der Waals surface area contributed by atoms with Gasteiger partial charge in [0.25, 0.3) is 0 Å². The molecule has 1 rings (SSSR count). The second kappa shape index (κ2) is 14.0. The van der Waals surface area contributed by atoms with E-state index in [1.807, 2.05) is 19.9 Å². The van der Waals surface area contributed by atoms with Gasteiger partial charge in [-0.25, -0.2) is 0 Å². The Balaban J connectivity index is 2.66. The first-order valence-corrected chi connectivity index (χ1v) is 11.5. The third-order valence-corrected chi connectivity index (χ3v) is 4.68. The van der Waals surface area contributed by atoms with Gasteiger partial charge >= 0.3 is 0 Å². The van der Waals surface area contributed by atoms with Gasteiger partial charge in [0.15, 0.2) is 0 Å². The van der Waals surface area contributed by atoms with Gasteiger partial charge in [0.1, 0.15) is 24.7 Å². The molecule has 4 nitrogen and oxygen atoms in total. The molecular formula is C22H33Br2NO3. The molecule has 0 bridgehead atoms. The lowest BCUT2D eigenvalue weighted by Gasteiger charge is -2.19. The molecule has 0 radical (unpaired) electrons. The first-order valence-electron chi connectivity index (χ1n) is 9.91. The summed E-state index contributed by atoms with van der Waals surface area (Å²) in [4.78, 5) is 5.23. The van der Waals surface area contributed by atoms with Crippen LogP contribution in [0.4, 0.5) is 0 Å². The lowest BCUT2D eigenvalue weighted by Crippen LogP contribution is -2.06. The molecule has 0 unspecified atom stereocenters. The molecule has 0 aliphatic rings. The monoisotopic (exact) mass is 517 g/mol. The summed E-state index contributed by atoms with van der Waals surface area (Å²) in [5.74, 6) is 2.27. The summed E-state index contributed by atoms with van der Waals surface area (Å²) < 4.78 is 13.0. The highest BCUT2D eigenvalue weighted by Crippen LogP contribution is 2.35. The molecule has 0 atom stereocenters. The van der Waals surface area contributed by atoms with Gasteiger partial charge in [-0.2, -0.15) is 0 Å². The van der Waals surface area contributed by atoms with Gasteiger partial charge in [-0.1, -0.05) is 25.9 Å². The molecule has 1 aromatic carbocycles. The Kier molecular flexibility index (Phi) is 12.6. The number of benzene rings is 1. The molecule has 0 fully saturated rings. The van der Waals surface area contributed by atoms with Crippen molar-refractivity contribution < 1.29 is 14.3 Å². The summed E-state index contributed by atoms with van der Waals surface area (Å²) in [7, 11) is 0. The number of ether oxygens (including phenoxy) is 2. The molecule has 0 amide bonds. The van der Waals surface area contributed by atoms with Crippen LogP contribution in [0.5, 0.6) is 11.5 Å². The maximum absolute atomic E-state index is 6.21. The lowest BCUT2D eigenvalue weighted by molar-refractivity contribution is 0.138. The fourth-order valence-electron chi connectivity index (χ4n) is 2.63. The van der Waals surface area contributed by atoms with Crippen molar-refractivity contribution in [2.75, 3.05) is 19.8 Å². The predicted molar refractivity (Wildman–Crippen MR) is 125 cm³/mol. The first-order chi connectivity index (χ1) is 13.3. The van der Waals surface area contributed by atoms with Crippen LogP contribution >= 0.6 is 31.9 Å². The molecule has 0 aliphatic carbocycles. The van der Waals surface area contributed by atoms with E-state index in [0.29, 0.717) is 25.7 Å². The Bertz CT molecular complexity index is 649. The second-order valence-corrected chi connectivity index (χ2v) is 9.87. The van der Waals surface area contributed by atoms with Crippen LogP contribution in [0.2, 0.25) is 0 Å². The smallest absolute Gasteiger partial charge is 0.126 e. The number of hydrogen-bond donors (Lipinski definition) is 0. The molecule has 0 spiro atoms. The molecule has 0 aliphatic heterocycles. The Morgan fingerprint density at radius 2 is 1.79 bits per heavy atom. The van der Waals surface area contributed by atoms with E-state index in [2.05, 4.69) is 69.9 Å². The zero-order chi connectivity index (χ0) is 20.9. The van der Waals surface area contributed by atoms with E-state index in [1.54, 1.807) is 0 Å². The Morgan fingerprint density at radius 1 is 1.07 bits per heavy atom. The SMILES string of the molecule is CCc1cc(OCC=C(Br)Br)cc(C(C)C)c1OCCCCCON=C(C)C. The van der Waals surface area contributed by atoms with E-state index in [9.17, 15) is 0 Å². The molecule has 0 saturated carbocycles. The Labute approximate surface area is 187 Å². The van der Waals surface area contributed by atoms with Crippen molar-refractivity contribution in [2.45, 2.75) is 66.2 Å². The molecule has 0 saturated heterocycles. The highest BCUT2D eigenvalue weighted by molar-refractivity contribution is 9.28. The first kappa shape index (κ1) is 25.0. The average molecular weight is 519 g/mol. The molecule has 0 N–H and O–H groups in total. The predicted octanol–water partition coefficient (Wildman–Crippen LogP) is 7.34. The standard InChI is InChI=1S/C22H33Br2NO3/c1-6-18-14-19(26-13-10-21(23)24)15-20(16(2)3)22(18)27-11-8-7-9-12-28-25-17(4)5/h10,14-16H,6-9,11-13H2,1-5H3. The number of aryl methyl sites for hydroxylation is 1. The summed E-state index contributed by atoms with van der Waals surface area (Å²) in [5, 5.41) is 3.95. The van der Waals surface area contributed by atoms with Crippen LogP contribution in [-0.4, -0.2) is 25.5 Å². The molecule has 0 heterocycles. The summed E-state index contributed by atoms with van der Waals surface area (Å²) >= 11 is 6.70. The van der Waals surface area contributed by atoms with Crippen molar-refractivity contribution in [3.05, 3.63) is 32.7 Å². The summed E-state index contributed by atoms with van der Waals surface area (Å²) in [5.41, 5.74) is 3.34. The molecule has 0 aromatic heterocycles. The van der Waals surface area contributed by atoms with Crippen molar-refractivity contribution in [1.82, 2.24) is 0 Å². The van der Waals surface area contributed by atoms with Crippen LogP contribution in [0.25, 0.3) is 0 Å². The zero-order valence-corrected chi connectivity index (χ0v) is 20.9. The minimum atomic E-state index is 0.367. The third-order valence-electron chi connectivity index (χ3n) is 4.03. The highest BCUT2D eigenvalue weighted by atomic mass is 79.9. The topological polar surface area (TPSA) is 40.0 Å². The van der Waals surface area contributed by atoms with E-state index in [0.717, 1.165) is 46.3 Å². The van der Waals surface area contributed by atoms with Crippen LogP contribution in [-0.2, 0) is 11.3 Å². The highest BCUT2D eigenvalue weighted by Gasteiger charge is 2.15. The van der Waals surface area contributed by atoms with Crippen LogP contribution in [0.3, 0.4) is 0 Å². The average Bonchev–Trinajstić information content (AvgIpc) is 2.63. The van der Waals surface area contributed by atoms with Crippen molar-refractivity contribution in [1.29, 1.82) is 0 Å². The number of nitrogens with zero attached hydrogens (tertiary/aromatic N) is 1. The van der Waals surface area contributed by atoms with Gasteiger partial charge < -0.3 is 14.3 Å². The number of halogens is 2.